The molecule has 23 heavy (non-hydrogen) atoms. The van der Waals surface area contributed by atoms with Crippen LogP contribution >= 0.6 is 0 Å². The lowest BCUT2D eigenvalue weighted by atomic mass is 9.80. The fraction of sp³-hybridized carbons (Fsp3) is 0.800. The van der Waals surface area contributed by atoms with Crippen LogP contribution in [0, 0.1) is 5.41 Å². The third kappa shape index (κ3) is 3.76. The smallest absolute Gasteiger partial charge is 0.259 e. The summed E-state index contributed by atoms with van der Waals surface area (Å²) in [4.78, 5) is 4.32. The van der Waals surface area contributed by atoms with Crippen molar-refractivity contribution in [2.45, 2.75) is 43.7 Å². The Morgan fingerprint density at radius 1 is 1.39 bits per heavy atom. The zero-order chi connectivity index (χ0) is 16.3. The van der Waals surface area contributed by atoms with Crippen LogP contribution in [0.25, 0.3) is 0 Å². The zero-order valence-electron chi connectivity index (χ0n) is 13.7. The van der Waals surface area contributed by atoms with Gasteiger partial charge in [0.2, 0.25) is 0 Å². The molecule has 3 heterocycles. The molecule has 0 saturated carbocycles. The molecule has 1 aromatic rings. The average Bonchev–Trinajstić information content (AvgIpc) is 2.99. The van der Waals surface area contributed by atoms with E-state index in [2.05, 4.69) is 15.0 Å². The van der Waals surface area contributed by atoms with Gasteiger partial charge in [0.1, 0.15) is 5.82 Å². The Kier molecular flexibility index (Phi) is 5.05. The second-order valence-electron chi connectivity index (χ2n) is 6.65. The predicted octanol–water partition coefficient (Wildman–Crippen LogP) is 0.514. The molecule has 2 N–H and O–H groups in total. The van der Waals surface area contributed by atoms with Crippen LogP contribution < -0.4 is 10.0 Å². The lowest BCUT2D eigenvalue weighted by molar-refractivity contribution is 0.0577. The first-order valence-corrected chi connectivity index (χ1v) is 9.78. The normalized spacial score (nSPS) is 21.1. The molecular formula is C15H26N4O3S. The number of nitrogens with one attached hydrogen (secondary N) is 2. The summed E-state index contributed by atoms with van der Waals surface area (Å²) in [5.41, 5.74) is -0.133. The lowest BCUT2D eigenvalue weighted by Gasteiger charge is -2.37. The number of imidazole rings is 1. The zero-order valence-corrected chi connectivity index (χ0v) is 14.5. The highest BCUT2D eigenvalue weighted by Crippen LogP contribution is 2.29. The molecule has 0 spiro atoms. The lowest BCUT2D eigenvalue weighted by Crippen LogP contribution is -2.47. The van der Waals surface area contributed by atoms with Gasteiger partial charge in [-0.2, -0.15) is 0 Å². The van der Waals surface area contributed by atoms with Crippen molar-refractivity contribution < 1.29 is 13.2 Å². The Morgan fingerprint density at radius 3 is 2.87 bits per heavy atom. The maximum Gasteiger partial charge on any atom is 0.259 e. The van der Waals surface area contributed by atoms with E-state index in [0.29, 0.717) is 13.2 Å². The molecule has 0 radical (unpaired) electrons. The summed E-state index contributed by atoms with van der Waals surface area (Å²) < 4.78 is 35.3. The molecule has 2 aliphatic rings. The Bertz CT molecular complexity index is 606. The number of methoxy groups -OCH3 is 1. The van der Waals surface area contributed by atoms with Gasteiger partial charge in [-0.05, 0) is 38.8 Å². The van der Waals surface area contributed by atoms with E-state index in [1.165, 1.54) is 0 Å². The second kappa shape index (κ2) is 6.88. The molecule has 1 aromatic heterocycles. The van der Waals surface area contributed by atoms with Gasteiger partial charge in [-0.25, -0.2) is 18.1 Å². The fourth-order valence-corrected chi connectivity index (χ4v) is 4.61. The summed E-state index contributed by atoms with van der Waals surface area (Å²) >= 11 is 0. The molecule has 0 aliphatic carbocycles. The molecule has 0 unspecified atom stereocenters. The van der Waals surface area contributed by atoms with Gasteiger partial charge < -0.3 is 14.6 Å². The van der Waals surface area contributed by atoms with E-state index < -0.39 is 10.0 Å². The number of fused-ring (bicyclic) bond motifs is 1. The van der Waals surface area contributed by atoms with Crippen LogP contribution in [0.5, 0.6) is 0 Å². The number of piperidine rings is 1. The van der Waals surface area contributed by atoms with Crippen LogP contribution in [0.3, 0.4) is 0 Å². The van der Waals surface area contributed by atoms with Crippen LogP contribution in [0.15, 0.2) is 11.2 Å². The first-order valence-electron chi connectivity index (χ1n) is 8.30. The number of sulfonamides is 1. The van der Waals surface area contributed by atoms with Crippen LogP contribution in [-0.4, -0.2) is 51.3 Å². The van der Waals surface area contributed by atoms with Gasteiger partial charge in [-0.1, -0.05) is 0 Å². The van der Waals surface area contributed by atoms with E-state index in [1.807, 2.05) is 4.57 Å². The Morgan fingerprint density at radius 2 is 2.17 bits per heavy atom. The first-order chi connectivity index (χ1) is 11.0. The maximum atomic E-state index is 12.6. The van der Waals surface area contributed by atoms with Crippen molar-refractivity contribution in [2.75, 3.05) is 33.4 Å². The van der Waals surface area contributed by atoms with Gasteiger partial charge in [0.15, 0.2) is 5.03 Å². The highest BCUT2D eigenvalue weighted by Gasteiger charge is 2.34. The highest BCUT2D eigenvalue weighted by atomic mass is 32.2. The largest absolute Gasteiger partial charge is 0.384 e. The van der Waals surface area contributed by atoms with E-state index in [-0.39, 0.29) is 10.4 Å². The van der Waals surface area contributed by atoms with E-state index >= 15 is 0 Å². The minimum Gasteiger partial charge on any atom is -0.384 e. The minimum atomic E-state index is -3.57. The minimum absolute atomic E-state index is 0.133. The van der Waals surface area contributed by atoms with Gasteiger partial charge in [0.25, 0.3) is 10.0 Å². The number of aryl methyl sites for hydroxylation is 2. The third-order valence-corrected chi connectivity index (χ3v) is 6.19. The fourth-order valence-electron chi connectivity index (χ4n) is 3.47. The molecule has 8 heteroatoms. The second-order valence-corrected chi connectivity index (χ2v) is 8.37. The molecule has 2 aliphatic heterocycles. The summed E-state index contributed by atoms with van der Waals surface area (Å²) in [5, 5.41) is 3.46. The van der Waals surface area contributed by atoms with Crippen LogP contribution in [0.2, 0.25) is 0 Å². The van der Waals surface area contributed by atoms with Gasteiger partial charge >= 0.3 is 0 Å². The van der Waals surface area contributed by atoms with E-state index in [1.54, 1.807) is 13.3 Å². The Balaban J connectivity index is 1.71. The van der Waals surface area contributed by atoms with E-state index in [9.17, 15) is 8.42 Å². The first kappa shape index (κ1) is 16.9. The number of rotatable bonds is 6. The van der Waals surface area contributed by atoms with Crippen molar-refractivity contribution in [2.24, 2.45) is 5.41 Å². The van der Waals surface area contributed by atoms with Crippen molar-refractivity contribution in [3.63, 3.8) is 0 Å². The third-order valence-electron chi connectivity index (χ3n) is 4.91. The Hall–Kier alpha value is -0.960. The summed E-state index contributed by atoms with van der Waals surface area (Å²) in [6.45, 7) is 3.61. The van der Waals surface area contributed by atoms with Gasteiger partial charge in [-0.15, -0.1) is 0 Å². The number of hydrogen-bond donors (Lipinski definition) is 2. The number of ether oxygens (including phenoxy) is 1. The highest BCUT2D eigenvalue weighted by molar-refractivity contribution is 7.89. The van der Waals surface area contributed by atoms with Crippen LogP contribution in [0.1, 0.15) is 31.5 Å². The summed E-state index contributed by atoms with van der Waals surface area (Å²) in [5.74, 6) is 0.880. The molecule has 130 valence electrons. The van der Waals surface area contributed by atoms with Gasteiger partial charge in [-0.3, -0.25) is 0 Å². The van der Waals surface area contributed by atoms with Crippen LogP contribution in [-0.2, 0) is 27.7 Å². The summed E-state index contributed by atoms with van der Waals surface area (Å²) in [6, 6.07) is 0. The van der Waals surface area contributed by atoms with Crippen molar-refractivity contribution in [3.8, 4) is 0 Å². The molecule has 0 atom stereocenters. The standard InChI is InChI=1S/C15H26N4O3S/c1-22-12-15(5-7-16-8-6-15)11-17-23(20,21)14-10-19-9-3-2-4-13(19)18-14/h10,16-17H,2-9,11-12H2,1H3. The maximum absolute atomic E-state index is 12.6. The monoisotopic (exact) mass is 342 g/mol. The number of nitrogens with zero attached hydrogens (tertiary/aromatic N) is 2. The van der Waals surface area contributed by atoms with Crippen molar-refractivity contribution in [1.82, 2.24) is 19.6 Å². The molecule has 1 fully saturated rings. The van der Waals surface area contributed by atoms with E-state index in [4.69, 9.17) is 4.74 Å². The van der Waals surface area contributed by atoms with Crippen molar-refractivity contribution in [3.05, 3.63) is 12.0 Å². The van der Waals surface area contributed by atoms with Crippen molar-refractivity contribution in [1.29, 1.82) is 0 Å². The summed E-state index contributed by atoms with van der Waals surface area (Å²) in [7, 11) is -1.90. The molecule has 1 saturated heterocycles. The summed E-state index contributed by atoms with van der Waals surface area (Å²) in [6.07, 6.45) is 6.50. The van der Waals surface area contributed by atoms with Gasteiger partial charge in [0, 0.05) is 38.2 Å². The quantitative estimate of drug-likeness (QED) is 0.787. The topological polar surface area (TPSA) is 85.2 Å². The molecule has 0 bridgehead atoms. The molecule has 3 rings (SSSR count). The number of aromatic nitrogens is 2. The van der Waals surface area contributed by atoms with Crippen molar-refractivity contribution >= 4 is 10.0 Å². The van der Waals surface area contributed by atoms with Crippen LogP contribution in [0.4, 0.5) is 0 Å². The molecular weight excluding hydrogens is 316 g/mol. The molecule has 0 amide bonds. The van der Waals surface area contributed by atoms with Gasteiger partial charge in [0.05, 0.1) is 6.61 Å². The van der Waals surface area contributed by atoms with E-state index in [0.717, 1.165) is 57.6 Å². The molecule has 0 aromatic carbocycles. The SMILES string of the molecule is COCC1(CNS(=O)(=O)c2cn3c(n2)CCCC3)CCNCC1. The predicted molar refractivity (Wildman–Crippen MR) is 86.8 cm³/mol. The Labute approximate surface area is 137 Å². The molecule has 7 nitrogen and oxygen atoms in total. The average molecular weight is 342 g/mol. The number of hydrogen-bond acceptors (Lipinski definition) is 5.